The Morgan fingerprint density at radius 2 is 1.62 bits per heavy atom. The molecule has 3 unspecified atom stereocenters. The van der Waals surface area contributed by atoms with E-state index in [4.69, 9.17) is 0 Å². The zero-order chi connectivity index (χ0) is 21.4. The third kappa shape index (κ3) is 4.52. The van der Waals surface area contributed by atoms with E-state index in [2.05, 4.69) is 12.0 Å². The van der Waals surface area contributed by atoms with Gasteiger partial charge in [-0.15, -0.1) is 6.58 Å². The monoisotopic (exact) mass is 428 g/mol. The summed E-state index contributed by atoms with van der Waals surface area (Å²) >= 11 is 0. The van der Waals surface area contributed by atoms with Crippen LogP contribution in [0.2, 0.25) is 0 Å². The first-order valence-electron chi connectivity index (χ1n) is 8.78. The minimum absolute atomic E-state index is 0.0558. The number of halogens is 4. The summed E-state index contributed by atoms with van der Waals surface area (Å²) in [5.74, 6) is -1.61. The van der Waals surface area contributed by atoms with Crippen LogP contribution < -0.4 is 5.43 Å². The first-order valence-corrected chi connectivity index (χ1v) is 10.7. The van der Waals surface area contributed by atoms with Crippen LogP contribution in [0.1, 0.15) is 23.1 Å². The minimum atomic E-state index is -4.56. The average Bonchev–Trinajstić information content (AvgIpc) is 3.02. The lowest BCUT2D eigenvalue weighted by atomic mass is 9.83. The number of hydrogen-bond donors (Lipinski definition) is 1. The second-order valence-electron chi connectivity index (χ2n) is 6.95. The van der Waals surface area contributed by atoms with Crippen molar-refractivity contribution in [3.05, 3.63) is 78.1 Å². The van der Waals surface area contributed by atoms with Gasteiger partial charge in [0.15, 0.2) is 9.84 Å². The largest absolute Gasteiger partial charge is 0.406 e. The van der Waals surface area contributed by atoms with E-state index >= 15 is 0 Å². The van der Waals surface area contributed by atoms with Crippen LogP contribution >= 0.6 is 0 Å². The van der Waals surface area contributed by atoms with Gasteiger partial charge in [-0.05, 0) is 35.4 Å². The van der Waals surface area contributed by atoms with Crippen LogP contribution in [-0.2, 0) is 9.84 Å². The van der Waals surface area contributed by atoms with Gasteiger partial charge in [-0.2, -0.15) is 13.2 Å². The quantitative estimate of drug-likeness (QED) is 0.578. The minimum Gasteiger partial charge on any atom is -0.246 e. The Balaban J connectivity index is 2.09. The summed E-state index contributed by atoms with van der Waals surface area (Å²) < 4.78 is 78.7. The number of nitrogens with zero attached hydrogens (tertiary/aromatic N) is 1. The molecule has 0 amide bonds. The number of benzene rings is 2. The van der Waals surface area contributed by atoms with Gasteiger partial charge in [0, 0.05) is 18.7 Å². The second-order valence-corrected chi connectivity index (χ2v) is 8.97. The molecule has 0 bridgehead atoms. The van der Waals surface area contributed by atoms with E-state index in [0.717, 1.165) is 23.4 Å². The van der Waals surface area contributed by atoms with Gasteiger partial charge >= 0.3 is 6.18 Å². The fourth-order valence-corrected chi connectivity index (χ4v) is 4.30. The van der Waals surface area contributed by atoms with Crippen LogP contribution in [0.3, 0.4) is 0 Å². The maximum Gasteiger partial charge on any atom is 0.406 e. The number of rotatable bonds is 5. The van der Waals surface area contributed by atoms with Gasteiger partial charge in [0.1, 0.15) is 11.9 Å². The average molecular weight is 428 g/mol. The Bertz CT molecular complexity index is 973. The third-order valence-corrected chi connectivity index (χ3v) is 6.05. The predicted octanol–water partition coefficient (Wildman–Crippen LogP) is 3.99. The number of hydrazine groups is 1. The highest BCUT2D eigenvalue weighted by atomic mass is 32.2. The summed E-state index contributed by atoms with van der Waals surface area (Å²) in [4.78, 5) is 0.0768. The van der Waals surface area contributed by atoms with E-state index in [1.54, 1.807) is 0 Å². The smallest absolute Gasteiger partial charge is 0.246 e. The van der Waals surface area contributed by atoms with E-state index in [1.165, 1.54) is 42.5 Å². The Morgan fingerprint density at radius 1 is 1.07 bits per heavy atom. The number of nitrogens with one attached hydrogen (secondary N) is 1. The fourth-order valence-electron chi connectivity index (χ4n) is 3.67. The normalized spacial score (nSPS) is 23.3. The number of alkyl halides is 3. The lowest BCUT2D eigenvalue weighted by Gasteiger charge is -2.28. The zero-order valence-electron chi connectivity index (χ0n) is 15.5. The highest BCUT2D eigenvalue weighted by Crippen LogP contribution is 2.47. The predicted molar refractivity (Wildman–Crippen MR) is 101 cm³/mol. The van der Waals surface area contributed by atoms with Crippen LogP contribution in [0.4, 0.5) is 17.6 Å². The number of hydrogen-bond acceptors (Lipinski definition) is 4. The maximum atomic E-state index is 14.0. The van der Waals surface area contributed by atoms with Crippen molar-refractivity contribution in [2.24, 2.45) is 0 Å². The molecule has 1 saturated heterocycles. The molecule has 1 heterocycles. The van der Waals surface area contributed by atoms with E-state index in [0.29, 0.717) is 11.1 Å². The molecule has 3 atom stereocenters. The summed E-state index contributed by atoms with van der Waals surface area (Å²) in [5, 5.41) is 1.07. The molecule has 1 aliphatic heterocycles. The molecule has 4 nitrogen and oxygen atoms in total. The molecule has 0 aliphatic carbocycles. The molecule has 2 aromatic carbocycles. The fraction of sp³-hybridized carbons (Fsp3) is 0.300. The first-order chi connectivity index (χ1) is 13.5. The summed E-state index contributed by atoms with van der Waals surface area (Å²) in [7, 11) is -3.43. The highest BCUT2D eigenvalue weighted by molar-refractivity contribution is 7.90. The molecule has 156 valence electrons. The van der Waals surface area contributed by atoms with Crippen molar-refractivity contribution in [3.8, 4) is 0 Å². The summed E-state index contributed by atoms with van der Waals surface area (Å²) in [6, 6.07) is 8.01. The standard InChI is InChI=1S/C20H20F4N2O2S/c1-3-12-26-19(20(22,23)24)17(13-4-8-15(21)9-5-13)18(25-26)14-6-10-16(11-7-14)29(2,27)28/h3-11,17-19,25H,1,12H2,2H3. The van der Waals surface area contributed by atoms with Crippen molar-refractivity contribution in [2.75, 3.05) is 12.8 Å². The van der Waals surface area contributed by atoms with Gasteiger partial charge in [0.2, 0.25) is 0 Å². The second kappa shape index (κ2) is 7.89. The topological polar surface area (TPSA) is 49.4 Å². The van der Waals surface area contributed by atoms with Crippen LogP contribution in [-0.4, -0.2) is 38.4 Å². The Labute approximate surface area is 166 Å². The Hall–Kier alpha value is -2.23. The lowest BCUT2D eigenvalue weighted by Crippen LogP contribution is -2.47. The Kier molecular flexibility index (Phi) is 5.84. The van der Waals surface area contributed by atoms with Crippen LogP contribution in [0.5, 0.6) is 0 Å². The van der Waals surface area contributed by atoms with Gasteiger partial charge in [-0.25, -0.2) is 23.2 Å². The first kappa shape index (κ1) is 21.5. The molecule has 3 rings (SSSR count). The van der Waals surface area contributed by atoms with Crippen molar-refractivity contribution in [3.63, 3.8) is 0 Å². The van der Waals surface area contributed by atoms with E-state index in [-0.39, 0.29) is 11.4 Å². The van der Waals surface area contributed by atoms with E-state index in [1.807, 2.05) is 0 Å². The number of sulfone groups is 1. The molecule has 1 aliphatic rings. The van der Waals surface area contributed by atoms with E-state index in [9.17, 15) is 26.0 Å². The molecule has 0 aromatic heterocycles. The molecule has 0 radical (unpaired) electrons. The molecule has 9 heteroatoms. The van der Waals surface area contributed by atoms with Crippen LogP contribution in [0, 0.1) is 5.82 Å². The maximum absolute atomic E-state index is 14.0. The zero-order valence-corrected chi connectivity index (χ0v) is 16.3. The van der Waals surface area contributed by atoms with Crippen molar-refractivity contribution in [2.45, 2.75) is 29.1 Å². The molecule has 29 heavy (non-hydrogen) atoms. The lowest BCUT2D eigenvalue weighted by molar-refractivity contribution is -0.182. The molecule has 1 fully saturated rings. The Morgan fingerprint density at radius 3 is 2.10 bits per heavy atom. The van der Waals surface area contributed by atoms with Crippen LogP contribution in [0.25, 0.3) is 0 Å². The molecule has 1 N–H and O–H groups in total. The van der Waals surface area contributed by atoms with Gasteiger partial charge < -0.3 is 0 Å². The van der Waals surface area contributed by atoms with Crippen molar-refractivity contribution in [1.29, 1.82) is 0 Å². The summed E-state index contributed by atoms with van der Waals surface area (Å²) in [6.45, 7) is 3.47. The molecule has 2 aromatic rings. The molecule has 0 spiro atoms. The van der Waals surface area contributed by atoms with Crippen LogP contribution in [0.15, 0.2) is 66.1 Å². The van der Waals surface area contributed by atoms with Gasteiger partial charge in [-0.3, -0.25) is 0 Å². The van der Waals surface area contributed by atoms with Crippen molar-refractivity contribution < 1.29 is 26.0 Å². The van der Waals surface area contributed by atoms with E-state index < -0.39 is 39.8 Å². The van der Waals surface area contributed by atoms with Gasteiger partial charge in [-0.1, -0.05) is 30.3 Å². The molecular weight excluding hydrogens is 408 g/mol. The SMILES string of the molecule is C=CCN1NC(c2ccc(S(C)(=O)=O)cc2)C(c2ccc(F)cc2)C1C(F)(F)F. The van der Waals surface area contributed by atoms with Gasteiger partial charge in [0.05, 0.1) is 10.9 Å². The summed E-state index contributed by atoms with van der Waals surface area (Å²) in [6.07, 6.45) is -2.14. The highest BCUT2D eigenvalue weighted by Gasteiger charge is 2.56. The molecule has 0 saturated carbocycles. The summed E-state index contributed by atoms with van der Waals surface area (Å²) in [5.41, 5.74) is 3.70. The van der Waals surface area contributed by atoms with Gasteiger partial charge in [0.25, 0.3) is 0 Å². The van der Waals surface area contributed by atoms with Crippen molar-refractivity contribution >= 4 is 9.84 Å². The molecular formula is C20H20F4N2O2S. The third-order valence-electron chi connectivity index (χ3n) is 4.92. The van der Waals surface area contributed by atoms with Crippen molar-refractivity contribution in [1.82, 2.24) is 10.4 Å².